The normalized spacial score (nSPS) is 23.0. The van der Waals surface area contributed by atoms with Gasteiger partial charge in [-0.3, -0.25) is 0 Å². The molecule has 0 bridgehead atoms. The van der Waals surface area contributed by atoms with E-state index >= 15 is 0 Å². The fourth-order valence-corrected chi connectivity index (χ4v) is 5.08. The number of ether oxygens (including phenoxy) is 1. The summed E-state index contributed by atoms with van der Waals surface area (Å²) >= 11 is 1.30. The van der Waals surface area contributed by atoms with Crippen molar-refractivity contribution in [2.75, 3.05) is 20.2 Å². The maximum atomic E-state index is 12.5. The Labute approximate surface area is 130 Å². The Balaban J connectivity index is 1.62. The van der Waals surface area contributed by atoms with Crippen LogP contribution < -0.4 is 5.32 Å². The standard InChI is InChI=1S/C14H22N2O3S2/c1-16(9-13-3-2-6-19-13)21(17,18)14-7-11(10-20-14)8-15-12-4-5-12/h7,10,12-13,15H,2-6,8-9H2,1H3. The number of nitrogens with zero attached hydrogens (tertiary/aromatic N) is 1. The molecule has 7 heteroatoms. The van der Waals surface area contributed by atoms with Crippen LogP contribution in [0.15, 0.2) is 15.7 Å². The fourth-order valence-electron chi connectivity index (χ4n) is 2.46. The number of nitrogens with one attached hydrogen (secondary N) is 1. The molecule has 1 N–H and O–H groups in total. The average Bonchev–Trinajstić information content (AvgIpc) is 2.93. The molecule has 5 nitrogen and oxygen atoms in total. The minimum Gasteiger partial charge on any atom is -0.377 e. The molecule has 0 amide bonds. The molecule has 1 saturated carbocycles. The average molecular weight is 330 g/mol. The summed E-state index contributed by atoms with van der Waals surface area (Å²) in [6.45, 7) is 1.94. The largest absolute Gasteiger partial charge is 0.377 e. The van der Waals surface area contributed by atoms with Gasteiger partial charge in [0.15, 0.2) is 0 Å². The van der Waals surface area contributed by atoms with Crippen LogP contribution >= 0.6 is 11.3 Å². The smallest absolute Gasteiger partial charge is 0.252 e. The Morgan fingerprint density at radius 1 is 1.43 bits per heavy atom. The van der Waals surface area contributed by atoms with Gasteiger partial charge in [-0.2, -0.15) is 4.31 Å². The predicted octanol–water partition coefficient (Wildman–Crippen LogP) is 1.80. The van der Waals surface area contributed by atoms with Crippen molar-refractivity contribution >= 4 is 21.4 Å². The maximum absolute atomic E-state index is 12.5. The van der Waals surface area contributed by atoms with E-state index in [0.717, 1.165) is 31.6 Å². The maximum Gasteiger partial charge on any atom is 0.252 e. The van der Waals surface area contributed by atoms with Gasteiger partial charge in [0.05, 0.1) is 6.10 Å². The zero-order chi connectivity index (χ0) is 14.9. The molecule has 0 radical (unpaired) electrons. The van der Waals surface area contributed by atoms with Crippen molar-refractivity contribution in [2.24, 2.45) is 0 Å². The molecule has 118 valence electrons. The zero-order valence-corrected chi connectivity index (χ0v) is 13.9. The van der Waals surface area contributed by atoms with Crippen molar-refractivity contribution in [1.29, 1.82) is 0 Å². The molecule has 21 heavy (non-hydrogen) atoms. The van der Waals surface area contributed by atoms with Crippen molar-refractivity contribution in [3.63, 3.8) is 0 Å². The van der Waals surface area contributed by atoms with E-state index in [1.807, 2.05) is 5.38 Å². The summed E-state index contributed by atoms with van der Waals surface area (Å²) in [5.74, 6) is 0. The number of rotatable bonds is 7. The van der Waals surface area contributed by atoms with E-state index in [0.29, 0.717) is 16.8 Å². The monoisotopic (exact) mass is 330 g/mol. The third kappa shape index (κ3) is 3.84. The second kappa shape index (κ2) is 6.34. The third-order valence-electron chi connectivity index (χ3n) is 3.95. The molecule has 1 atom stereocenters. The first-order valence-corrected chi connectivity index (χ1v) is 9.76. The van der Waals surface area contributed by atoms with Gasteiger partial charge < -0.3 is 10.1 Å². The Hall–Kier alpha value is -0.470. The van der Waals surface area contributed by atoms with E-state index in [9.17, 15) is 8.42 Å². The number of thiophene rings is 1. The second-order valence-electron chi connectivity index (χ2n) is 5.85. The van der Waals surface area contributed by atoms with Gasteiger partial charge in [-0.25, -0.2) is 8.42 Å². The molecule has 1 saturated heterocycles. The molecular formula is C14H22N2O3S2. The molecule has 1 aliphatic carbocycles. The van der Waals surface area contributed by atoms with Crippen LogP contribution in [0.1, 0.15) is 31.2 Å². The molecule has 1 aliphatic heterocycles. The summed E-state index contributed by atoms with van der Waals surface area (Å²) in [7, 11) is -1.75. The van der Waals surface area contributed by atoms with Gasteiger partial charge in [-0.15, -0.1) is 11.3 Å². The Bertz CT molecular complexity index is 575. The van der Waals surface area contributed by atoms with Crippen molar-refractivity contribution in [3.8, 4) is 0 Å². The van der Waals surface area contributed by atoms with Gasteiger partial charge in [-0.05, 0) is 42.7 Å². The molecule has 2 heterocycles. The predicted molar refractivity (Wildman–Crippen MR) is 83.0 cm³/mol. The summed E-state index contributed by atoms with van der Waals surface area (Å²) < 4.78 is 32.5. The minimum atomic E-state index is -3.38. The van der Waals surface area contributed by atoms with Crippen LogP contribution in [0.2, 0.25) is 0 Å². The lowest BCUT2D eigenvalue weighted by Gasteiger charge is -2.19. The highest BCUT2D eigenvalue weighted by Crippen LogP contribution is 2.26. The quantitative estimate of drug-likeness (QED) is 0.828. The van der Waals surface area contributed by atoms with E-state index in [1.54, 1.807) is 13.1 Å². The van der Waals surface area contributed by atoms with Gasteiger partial charge in [0.1, 0.15) is 4.21 Å². The Morgan fingerprint density at radius 2 is 2.24 bits per heavy atom. The Morgan fingerprint density at radius 3 is 2.90 bits per heavy atom. The SMILES string of the molecule is CN(CC1CCCO1)S(=O)(=O)c1cc(CNC2CC2)cs1. The number of sulfonamides is 1. The van der Waals surface area contributed by atoms with Crippen molar-refractivity contribution < 1.29 is 13.2 Å². The van der Waals surface area contributed by atoms with Gasteiger partial charge in [0, 0.05) is 32.8 Å². The molecule has 3 rings (SSSR count). The summed E-state index contributed by atoms with van der Waals surface area (Å²) in [4.78, 5) is 0. The van der Waals surface area contributed by atoms with Crippen molar-refractivity contribution in [2.45, 2.75) is 48.6 Å². The molecule has 2 aliphatic rings. The van der Waals surface area contributed by atoms with Gasteiger partial charge in [-0.1, -0.05) is 0 Å². The van der Waals surface area contributed by atoms with Crippen LogP contribution in [-0.2, 0) is 21.3 Å². The molecule has 1 aromatic heterocycles. The van der Waals surface area contributed by atoms with Crippen LogP contribution in [0.4, 0.5) is 0 Å². The number of likely N-dealkylation sites (N-methyl/N-ethyl adjacent to an activating group) is 1. The van der Waals surface area contributed by atoms with Crippen molar-refractivity contribution in [3.05, 3.63) is 17.0 Å². The van der Waals surface area contributed by atoms with E-state index in [-0.39, 0.29) is 6.10 Å². The van der Waals surface area contributed by atoms with Gasteiger partial charge >= 0.3 is 0 Å². The summed E-state index contributed by atoms with van der Waals surface area (Å²) in [5, 5.41) is 5.34. The van der Waals surface area contributed by atoms with E-state index in [2.05, 4.69) is 5.32 Å². The Kier molecular flexibility index (Phi) is 4.66. The van der Waals surface area contributed by atoms with Crippen LogP contribution in [0.3, 0.4) is 0 Å². The lowest BCUT2D eigenvalue weighted by atomic mass is 10.2. The number of hydrogen-bond donors (Lipinski definition) is 1. The van der Waals surface area contributed by atoms with Crippen LogP contribution in [0.25, 0.3) is 0 Å². The van der Waals surface area contributed by atoms with Crippen LogP contribution in [0.5, 0.6) is 0 Å². The summed E-state index contributed by atoms with van der Waals surface area (Å²) in [6.07, 6.45) is 4.48. The highest BCUT2D eigenvalue weighted by atomic mass is 32.2. The minimum absolute atomic E-state index is 0.0424. The first-order chi connectivity index (χ1) is 10.1. The first kappa shape index (κ1) is 15.4. The topological polar surface area (TPSA) is 58.6 Å². The highest BCUT2D eigenvalue weighted by molar-refractivity contribution is 7.91. The van der Waals surface area contributed by atoms with E-state index < -0.39 is 10.0 Å². The van der Waals surface area contributed by atoms with Crippen LogP contribution in [0, 0.1) is 0 Å². The first-order valence-electron chi connectivity index (χ1n) is 7.44. The van der Waals surface area contributed by atoms with Crippen molar-refractivity contribution in [1.82, 2.24) is 9.62 Å². The molecule has 1 aromatic rings. The lowest BCUT2D eigenvalue weighted by molar-refractivity contribution is 0.0979. The van der Waals surface area contributed by atoms with E-state index in [4.69, 9.17) is 4.74 Å². The summed E-state index contributed by atoms with van der Waals surface area (Å²) in [5.41, 5.74) is 1.05. The molecule has 2 fully saturated rings. The molecule has 0 spiro atoms. The summed E-state index contributed by atoms with van der Waals surface area (Å²) in [6, 6.07) is 2.42. The zero-order valence-electron chi connectivity index (χ0n) is 12.2. The van der Waals surface area contributed by atoms with Gasteiger partial charge in [0.25, 0.3) is 10.0 Å². The third-order valence-corrected chi connectivity index (χ3v) is 7.24. The van der Waals surface area contributed by atoms with E-state index in [1.165, 1.54) is 28.5 Å². The second-order valence-corrected chi connectivity index (χ2v) is 9.03. The lowest BCUT2D eigenvalue weighted by Crippen LogP contribution is -2.33. The molecule has 0 aromatic carbocycles. The number of hydrogen-bond acceptors (Lipinski definition) is 5. The van der Waals surface area contributed by atoms with Crippen LogP contribution in [-0.4, -0.2) is 45.1 Å². The fraction of sp³-hybridized carbons (Fsp3) is 0.714. The van der Waals surface area contributed by atoms with Gasteiger partial charge in [0.2, 0.25) is 0 Å². The molecular weight excluding hydrogens is 308 g/mol. The molecule has 1 unspecified atom stereocenters. The highest BCUT2D eigenvalue weighted by Gasteiger charge is 2.27.